The maximum absolute atomic E-state index is 12.1. The van der Waals surface area contributed by atoms with Gasteiger partial charge in [0.25, 0.3) is 5.91 Å². The summed E-state index contributed by atoms with van der Waals surface area (Å²) in [5, 5.41) is 2.79. The Hall–Kier alpha value is -1.84. The van der Waals surface area contributed by atoms with E-state index < -0.39 is 0 Å². The van der Waals surface area contributed by atoms with Gasteiger partial charge in [-0.25, -0.2) is 0 Å². The average Bonchev–Trinajstić information content (AvgIpc) is 2.71. The van der Waals surface area contributed by atoms with Crippen molar-refractivity contribution in [3.63, 3.8) is 0 Å². The fourth-order valence-corrected chi connectivity index (χ4v) is 3.08. The van der Waals surface area contributed by atoms with E-state index >= 15 is 0 Å². The standard InChI is InChI=1S/C24H39NO3/c1-3-5-7-8-9-10-11-12-20-28-23(26)18-19-25-24(27)22-16-14-21(15-17-22)13-6-4-2/h14-17H,3-13,18-20H2,1-2H3,(H,25,27). The molecule has 0 radical (unpaired) electrons. The number of aryl methyl sites for hydroxylation is 1. The summed E-state index contributed by atoms with van der Waals surface area (Å²) in [6.45, 7) is 5.20. The van der Waals surface area contributed by atoms with Crippen LogP contribution < -0.4 is 5.32 Å². The maximum atomic E-state index is 12.1. The van der Waals surface area contributed by atoms with Crippen LogP contribution in [0.2, 0.25) is 0 Å². The number of hydrogen-bond donors (Lipinski definition) is 1. The van der Waals surface area contributed by atoms with E-state index in [9.17, 15) is 9.59 Å². The van der Waals surface area contributed by atoms with Gasteiger partial charge in [0, 0.05) is 12.1 Å². The lowest BCUT2D eigenvalue weighted by atomic mass is 10.1. The Balaban J connectivity index is 2.05. The molecule has 1 aromatic rings. The van der Waals surface area contributed by atoms with Crippen molar-refractivity contribution in [3.05, 3.63) is 35.4 Å². The Kier molecular flexibility index (Phi) is 14.0. The monoisotopic (exact) mass is 389 g/mol. The molecule has 4 nitrogen and oxygen atoms in total. The van der Waals surface area contributed by atoms with Crippen molar-refractivity contribution >= 4 is 11.9 Å². The first kappa shape index (κ1) is 24.2. The highest BCUT2D eigenvalue weighted by atomic mass is 16.5. The number of rotatable bonds is 16. The summed E-state index contributed by atoms with van der Waals surface area (Å²) in [6, 6.07) is 7.70. The molecule has 1 aromatic carbocycles. The molecule has 0 heterocycles. The minimum Gasteiger partial charge on any atom is -0.466 e. The van der Waals surface area contributed by atoms with Gasteiger partial charge in [0.15, 0.2) is 0 Å². The quantitative estimate of drug-likeness (QED) is 0.286. The van der Waals surface area contributed by atoms with E-state index in [1.165, 1.54) is 44.1 Å². The summed E-state index contributed by atoms with van der Waals surface area (Å²) in [5.41, 5.74) is 1.88. The molecule has 0 aliphatic carbocycles. The van der Waals surface area contributed by atoms with Crippen LogP contribution in [0.1, 0.15) is 100 Å². The van der Waals surface area contributed by atoms with Crippen LogP contribution in [0.4, 0.5) is 0 Å². The number of amides is 1. The summed E-state index contributed by atoms with van der Waals surface area (Å²) in [6.07, 6.45) is 13.4. The number of nitrogens with one attached hydrogen (secondary N) is 1. The van der Waals surface area contributed by atoms with E-state index in [1.807, 2.05) is 24.3 Å². The van der Waals surface area contributed by atoms with Gasteiger partial charge in [0.2, 0.25) is 0 Å². The number of unbranched alkanes of at least 4 members (excludes halogenated alkanes) is 8. The van der Waals surface area contributed by atoms with Gasteiger partial charge in [-0.05, 0) is 37.0 Å². The fourth-order valence-electron chi connectivity index (χ4n) is 3.08. The number of hydrogen-bond acceptors (Lipinski definition) is 3. The van der Waals surface area contributed by atoms with Crippen molar-refractivity contribution in [2.75, 3.05) is 13.2 Å². The SMILES string of the molecule is CCCCCCCCCCOC(=O)CCNC(=O)c1ccc(CCCC)cc1. The Labute approximate surface area is 171 Å². The normalized spacial score (nSPS) is 10.6. The zero-order valence-corrected chi connectivity index (χ0v) is 17.9. The molecule has 0 saturated heterocycles. The molecule has 158 valence electrons. The van der Waals surface area contributed by atoms with Crippen LogP contribution >= 0.6 is 0 Å². The first-order valence-electron chi connectivity index (χ1n) is 11.2. The largest absolute Gasteiger partial charge is 0.466 e. The van der Waals surface area contributed by atoms with Crippen LogP contribution in [0.15, 0.2) is 24.3 Å². The lowest BCUT2D eigenvalue weighted by Gasteiger charge is -2.07. The molecule has 0 saturated carbocycles. The zero-order valence-electron chi connectivity index (χ0n) is 17.9. The zero-order chi connectivity index (χ0) is 20.5. The number of benzene rings is 1. The molecule has 1 N–H and O–H groups in total. The van der Waals surface area contributed by atoms with Crippen LogP contribution in [0.3, 0.4) is 0 Å². The minimum absolute atomic E-state index is 0.141. The Bertz CT molecular complexity index is 539. The number of carbonyl (C=O) groups excluding carboxylic acids is 2. The highest BCUT2D eigenvalue weighted by Crippen LogP contribution is 2.09. The van der Waals surface area contributed by atoms with Crippen molar-refractivity contribution in [2.24, 2.45) is 0 Å². The molecule has 0 bridgehead atoms. The predicted molar refractivity (Wildman–Crippen MR) is 116 cm³/mol. The van der Waals surface area contributed by atoms with Gasteiger partial charge in [-0.3, -0.25) is 9.59 Å². The van der Waals surface area contributed by atoms with E-state index in [0.29, 0.717) is 18.7 Å². The Morgan fingerprint density at radius 1 is 0.821 bits per heavy atom. The van der Waals surface area contributed by atoms with Gasteiger partial charge in [-0.2, -0.15) is 0 Å². The van der Waals surface area contributed by atoms with Crippen LogP contribution in [-0.4, -0.2) is 25.0 Å². The van der Waals surface area contributed by atoms with Gasteiger partial charge >= 0.3 is 5.97 Å². The third-order valence-corrected chi connectivity index (χ3v) is 4.91. The van der Waals surface area contributed by atoms with Gasteiger partial charge in [-0.1, -0.05) is 77.3 Å². The molecule has 0 aliphatic rings. The minimum atomic E-state index is -0.238. The highest BCUT2D eigenvalue weighted by Gasteiger charge is 2.07. The van der Waals surface area contributed by atoms with Crippen LogP contribution in [0.25, 0.3) is 0 Å². The molecule has 28 heavy (non-hydrogen) atoms. The fraction of sp³-hybridized carbons (Fsp3) is 0.667. The molecular formula is C24H39NO3. The average molecular weight is 390 g/mol. The summed E-state index contributed by atoms with van der Waals surface area (Å²) in [5.74, 6) is -0.379. The third-order valence-electron chi connectivity index (χ3n) is 4.91. The van der Waals surface area contributed by atoms with Crippen LogP contribution in [0.5, 0.6) is 0 Å². The van der Waals surface area contributed by atoms with Crippen molar-refractivity contribution in [3.8, 4) is 0 Å². The molecule has 1 amide bonds. The predicted octanol–water partition coefficient (Wildman–Crippen LogP) is 5.83. The van der Waals surface area contributed by atoms with Gasteiger partial charge < -0.3 is 10.1 Å². The van der Waals surface area contributed by atoms with Gasteiger partial charge in [0.1, 0.15) is 0 Å². The van der Waals surface area contributed by atoms with Crippen molar-refractivity contribution < 1.29 is 14.3 Å². The summed E-state index contributed by atoms with van der Waals surface area (Å²) < 4.78 is 5.24. The molecule has 0 unspecified atom stereocenters. The summed E-state index contributed by atoms with van der Waals surface area (Å²) >= 11 is 0. The summed E-state index contributed by atoms with van der Waals surface area (Å²) in [4.78, 5) is 23.9. The Morgan fingerprint density at radius 3 is 2.07 bits per heavy atom. The van der Waals surface area contributed by atoms with Crippen molar-refractivity contribution in [1.82, 2.24) is 5.32 Å². The smallest absolute Gasteiger partial charge is 0.307 e. The van der Waals surface area contributed by atoms with Gasteiger partial charge in [-0.15, -0.1) is 0 Å². The maximum Gasteiger partial charge on any atom is 0.307 e. The second-order valence-corrected chi connectivity index (χ2v) is 7.50. The first-order chi connectivity index (χ1) is 13.7. The van der Waals surface area contributed by atoms with E-state index in [1.54, 1.807) is 0 Å². The lowest BCUT2D eigenvalue weighted by molar-refractivity contribution is -0.143. The van der Waals surface area contributed by atoms with Crippen LogP contribution in [0, 0.1) is 0 Å². The third kappa shape index (κ3) is 11.8. The van der Waals surface area contributed by atoms with E-state index in [4.69, 9.17) is 4.74 Å². The van der Waals surface area contributed by atoms with Crippen molar-refractivity contribution in [1.29, 1.82) is 0 Å². The number of ether oxygens (including phenoxy) is 1. The number of esters is 1. The molecule has 0 spiro atoms. The molecule has 0 aromatic heterocycles. The second kappa shape index (κ2) is 16.1. The molecular weight excluding hydrogens is 350 g/mol. The molecule has 0 fully saturated rings. The molecule has 4 heteroatoms. The first-order valence-corrected chi connectivity index (χ1v) is 11.2. The summed E-state index contributed by atoms with van der Waals surface area (Å²) in [7, 11) is 0. The number of carbonyl (C=O) groups is 2. The van der Waals surface area contributed by atoms with Crippen LogP contribution in [-0.2, 0) is 16.0 Å². The van der Waals surface area contributed by atoms with E-state index in [-0.39, 0.29) is 18.3 Å². The van der Waals surface area contributed by atoms with Gasteiger partial charge in [0.05, 0.1) is 13.0 Å². The Morgan fingerprint density at radius 2 is 1.43 bits per heavy atom. The van der Waals surface area contributed by atoms with Crippen molar-refractivity contribution in [2.45, 2.75) is 90.9 Å². The highest BCUT2D eigenvalue weighted by molar-refractivity contribution is 5.94. The van der Waals surface area contributed by atoms with E-state index in [2.05, 4.69) is 19.2 Å². The lowest BCUT2D eigenvalue weighted by Crippen LogP contribution is -2.26. The van der Waals surface area contributed by atoms with E-state index in [0.717, 1.165) is 32.1 Å². The topological polar surface area (TPSA) is 55.4 Å². The molecule has 1 rings (SSSR count). The second-order valence-electron chi connectivity index (χ2n) is 7.50. The molecule has 0 atom stereocenters. The molecule has 0 aliphatic heterocycles.